The van der Waals surface area contributed by atoms with Crippen LogP contribution in [0.15, 0.2) is 24.3 Å². The van der Waals surface area contributed by atoms with E-state index in [2.05, 4.69) is 5.32 Å². The van der Waals surface area contributed by atoms with Crippen LogP contribution in [0.25, 0.3) is 0 Å². The van der Waals surface area contributed by atoms with Crippen LogP contribution in [-0.4, -0.2) is 46.9 Å². The maximum Gasteiger partial charge on any atom is 0.308 e. The van der Waals surface area contributed by atoms with Crippen molar-refractivity contribution in [3.63, 3.8) is 0 Å². The first kappa shape index (κ1) is 19.9. The molecule has 2 rings (SSSR count). The molecule has 3 atom stereocenters. The topological polar surface area (TPSA) is 86.7 Å². The number of hydrogen-bond acceptors (Lipinski definition) is 3. The predicted octanol–water partition coefficient (Wildman–Crippen LogP) is 2.15. The Morgan fingerprint density at radius 3 is 2.35 bits per heavy atom. The molecule has 1 saturated heterocycles. The fraction of sp³-hybridized carbons (Fsp3) is 0.526. The Bertz CT molecular complexity index is 675. The SMILES string of the molecule is CC1CC(C(=O)O)CN(C(=O)C(NC(=O)c2ccc(F)cc2)C(C)C)C1. The number of hydrogen-bond donors (Lipinski definition) is 2. The average molecular weight is 364 g/mol. The largest absolute Gasteiger partial charge is 0.481 e. The molecule has 1 aliphatic rings. The van der Waals surface area contributed by atoms with Crippen LogP contribution in [-0.2, 0) is 9.59 Å². The van der Waals surface area contributed by atoms with Gasteiger partial charge in [-0.25, -0.2) is 4.39 Å². The molecule has 1 heterocycles. The van der Waals surface area contributed by atoms with E-state index in [0.29, 0.717) is 13.0 Å². The number of carbonyl (C=O) groups is 3. The summed E-state index contributed by atoms with van der Waals surface area (Å²) in [6, 6.07) is 4.31. The molecule has 0 spiro atoms. The normalized spacial score (nSPS) is 21.3. The Morgan fingerprint density at radius 1 is 1.19 bits per heavy atom. The highest BCUT2D eigenvalue weighted by Gasteiger charge is 2.36. The lowest BCUT2D eigenvalue weighted by Gasteiger charge is -2.37. The summed E-state index contributed by atoms with van der Waals surface area (Å²) in [4.78, 5) is 38.2. The van der Waals surface area contributed by atoms with Crippen LogP contribution in [0.2, 0.25) is 0 Å². The van der Waals surface area contributed by atoms with Gasteiger partial charge in [0, 0.05) is 18.7 Å². The van der Waals surface area contributed by atoms with E-state index in [9.17, 15) is 23.9 Å². The monoisotopic (exact) mass is 364 g/mol. The Hall–Kier alpha value is -2.44. The molecule has 0 aliphatic carbocycles. The van der Waals surface area contributed by atoms with Gasteiger partial charge in [-0.3, -0.25) is 14.4 Å². The van der Waals surface area contributed by atoms with E-state index in [1.807, 2.05) is 20.8 Å². The van der Waals surface area contributed by atoms with Crippen molar-refractivity contribution in [2.45, 2.75) is 33.2 Å². The second-order valence-electron chi connectivity index (χ2n) is 7.32. The zero-order chi connectivity index (χ0) is 19.4. The molecule has 0 saturated carbocycles. The highest BCUT2D eigenvalue weighted by atomic mass is 19.1. The van der Waals surface area contributed by atoms with Gasteiger partial charge in [-0.05, 0) is 42.5 Å². The molecule has 0 bridgehead atoms. The number of piperidine rings is 1. The van der Waals surface area contributed by atoms with Gasteiger partial charge >= 0.3 is 5.97 Å². The first-order chi connectivity index (χ1) is 12.2. The van der Waals surface area contributed by atoms with Crippen molar-refractivity contribution in [3.05, 3.63) is 35.6 Å². The fourth-order valence-electron chi connectivity index (χ4n) is 3.25. The predicted molar refractivity (Wildman–Crippen MR) is 94.0 cm³/mol. The molecular formula is C19H25FN2O4. The number of likely N-dealkylation sites (tertiary alicyclic amines) is 1. The first-order valence-corrected chi connectivity index (χ1v) is 8.77. The van der Waals surface area contributed by atoms with Crippen LogP contribution in [0.1, 0.15) is 37.6 Å². The van der Waals surface area contributed by atoms with Crippen molar-refractivity contribution in [3.8, 4) is 0 Å². The van der Waals surface area contributed by atoms with E-state index < -0.39 is 29.7 Å². The third-order valence-electron chi connectivity index (χ3n) is 4.65. The van der Waals surface area contributed by atoms with Crippen molar-refractivity contribution in [1.29, 1.82) is 0 Å². The standard InChI is InChI=1S/C19H25FN2O4/c1-11(2)16(21-17(23)13-4-6-15(20)7-5-13)18(24)22-9-12(3)8-14(10-22)19(25)26/h4-7,11-12,14,16H,8-10H2,1-3H3,(H,21,23)(H,25,26). The summed E-state index contributed by atoms with van der Waals surface area (Å²) in [5.74, 6) is -2.79. The summed E-state index contributed by atoms with van der Waals surface area (Å²) in [7, 11) is 0. The number of aliphatic carboxylic acids is 1. The van der Waals surface area contributed by atoms with Gasteiger partial charge in [0.05, 0.1) is 5.92 Å². The summed E-state index contributed by atoms with van der Waals surface area (Å²) in [5, 5.41) is 12.0. The second-order valence-corrected chi connectivity index (χ2v) is 7.32. The van der Waals surface area contributed by atoms with Gasteiger partial charge in [0.2, 0.25) is 5.91 Å². The van der Waals surface area contributed by atoms with Crippen molar-refractivity contribution in [1.82, 2.24) is 10.2 Å². The molecule has 0 radical (unpaired) electrons. The first-order valence-electron chi connectivity index (χ1n) is 8.77. The maximum absolute atomic E-state index is 13.0. The minimum atomic E-state index is -0.911. The molecule has 1 aromatic rings. The number of carbonyl (C=O) groups excluding carboxylic acids is 2. The van der Waals surface area contributed by atoms with Crippen molar-refractivity contribution >= 4 is 17.8 Å². The second kappa shape index (κ2) is 8.29. The van der Waals surface area contributed by atoms with Gasteiger partial charge in [0.1, 0.15) is 11.9 Å². The minimum Gasteiger partial charge on any atom is -0.481 e. The van der Waals surface area contributed by atoms with Gasteiger partial charge in [-0.1, -0.05) is 20.8 Å². The van der Waals surface area contributed by atoms with Gasteiger partial charge in [0.15, 0.2) is 0 Å². The van der Waals surface area contributed by atoms with Crippen LogP contribution in [0.5, 0.6) is 0 Å². The molecule has 3 unspecified atom stereocenters. The average Bonchev–Trinajstić information content (AvgIpc) is 2.58. The van der Waals surface area contributed by atoms with Crippen LogP contribution in [0, 0.1) is 23.6 Å². The number of rotatable bonds is 5. The lowest BCUT2D eigenvalue weighted by atomic mass is 9.89. The van der Waals surface area contributed by atoms with E-state index >= 15 is 0 Å². The number of benzene rings is 1. The van der Waals surface area contributed by atoms with Crippen LogP contribution < -0.4 is 5.32 Å². The zero-order valence-electron chi connectivity index (χ0n) is 15.2. The van der Waals surface area contributed by atoms with Crippen LogP contribution in [0.3, 0.4) is 0 Å². The molecular weight excluding hydrogens is 339 g/mol. The van der Waals surface area contributed by atoms with Crippen molar-refractivity contribution < 1.29 is 23.9 Å². The molecule has 0 aromatic heterocycles. The molecule has 1 aromatic carbocycles. The summed E-state index contributed by atoms with van der Waals surface area (Å²) in [6.07, 6.45) is 0.535. The number of carboxylic acid groups (broad SMARTS) is 1. The summed E-state index contributed by atoms with van der Waals surface area (Å²) < 4.78 is 13.0. The number of carboxylic acids is 1. The highest BCUT2D eigenvalue weighted by molar-refractivity contribution is 5.97. The fourth-order valence-corrected chi connectivity index (χ4v) is 3.25. The Balaban J connectivity index is 2.12. The third-order valence-corrected chi connectivity index (χ3v) is 4.65. The zero-order valence-corrected chi connectivity index (χ0v) is 15.2. The van der Waals surface area contributed by atoms with E-state index in [-0.39, 0.29) is 29.9 Å². The lowest BCUT2D eigenvalue weighted by Crippen LogP contribution is -2.55. The molecule has 2 N–H and O–H groups in total. The Morgan fingerprint density at radius 2 is 1.81 bits per heavy atom. The van der Waals surface area contributed by atoms with E-state index in [0.717, 1.165) is 0 Å². The molecule has 2 amide bonds. The summed E-state index contributed by atoms with van der Waals surface area (Å²) in [6.45, 7) is 6.16. The third kappa shape index (κ3) is 4.80. The Labute approximate surface area is 152 Å². The quantitative estimate of drug-likeness (QED) is 0.838. The van der Waals surface area contributed by atoms with Gasteiger partial charge in [-0.2, -0.15) is 0 Å². The molecule has 26 heavy (non-hydrogen) atoms. The van der Waals surface area contributed by atoms with Gasteiger partial charge in [-0.15, -0.1) is 0 Å². The maximum atomic E-state index is 13.0. The highest BCUT2D eigenvalue weighted by Crippen LogP contribution is 2.23. The number of nitrogens with zero attached hydrogens (tertiary/aromatic N) is 1. The Kier molecular flexibility index (Phi) is 6.34. The molecule has 1 aliphatic heterocycles. The van der Waals surface area contributed by atoms with Crippen LogP contribution >= 0.6 is 0 Å². The smallest absolute Gasteiger partial charge is 0.308 e. The molecule has 7 heteroatoms. The number of nitrogens with one attached hydrogen (secondary N) is 1. The van der Waals surface area contributed by atoms with Gasteiger partial charge in [0.25, 0.3) is 5.91 Å². The van der Waals surface area contributed by atoms with E-state index in [1.165, 1.54) is 29.2 Å². The van der Waals surface area contributed by atoms with E-state index in [4.69, 9.17) is 0 Å². The molecule has 1 fully saturated rings. The summed E-state index contributed by atoms with van der Waals surface area (Å²) >= 11 is 0. The lowest BCUT2D eigenvalue weighted by molar-refractivity contribution is -0.147. The molecule has 142 valence electrons. The minimum absolute atomic E-state index is 0.0782. The summed E-state index contributed by atoms with van der Waals surface area (Å²) in [5.41, 5.74) is 0.264. The van der Waals surface area contributed by atoms with Crippen LogP contribution in [0.4, 0.5) is 4.39 Å². The van der Waals surface area contributed by atoms with Crippen molar-refractivity contribution in [2.24, 2.45) is 17.8 Å². The van der Waals surface area contributed by atoms with Gasteiger partial charge < -0.3 is 15.3 Å². The van der Waals surface area contributed by atoms with E-state index in [1.54, 1.807) is 0 Å². The molecule has 6 nitrogen and oxygen atoms in total. The number of halogens is 1. The number of amides is 2. The van der Waals surface area contributed by atoms with Crippen molar-refractivity contribution in [2.75, 3.05) is 13.1 Å².